The van der Waals surface area contributed by atoms with Gasteiger partial charge < -0.3 is 4.74 Å². The maximum atomic E-state index is 10.5. The van der Waals surface area contributed by atoms with Crippen molar-refractivity contribution in [2.45, 2.75) is 18.9 Å². The van der Waals surface area contributed by atoms with Crippen molar-refractivity contribution >= 4 is 17.9 Å². The number of halogens is 1. The van der Waals surface area contributed by atoms with Gasteiger partial charge in [-0.3, -0.25) is 4.79 Å². The van der Waals surface area contributed by atoms with Crippen molar-refractivity contribution in [3.05, 3.63) is 28.8 Å². The molecule has 1 aromatic rings. The van der Waals surface area contributed by atoms with Crippen LogP contribution >= 0.6 is 11.6 Å². The summed E-state index contributed by atoms with van der Waals surface area (Å²) in [6, 6.07) is 5.47. The zero-order chi connectivity index (χ0) is 9.26. The van der Waals surface area contributed by atoms with Crippen LogP contribution in [0.1, 0.15) is 12.0 Å². The summed E-state index contributed by atoms with van der Waals surface area (Å²) in [6.07, 6.45) is 2.17. The Morgan fingerprint density at radius 2 is 2.38 bits per heavy atom. The molecule has 1 heterocycles. The van der Waals surface area contributed by atoms with Crippen molar-refractivity contribution < 1.29 is 9.53 Å². The van der Waals surface area contributed by atoms with E-state index in [4.69, 9.17) is 16.3 Å². The normalized spacial score (nSPS) is 20.2. The summed E-state index contributed by atoms with van der Waals surface area (Å²) in [5.41, 5.74) is 1.09. The molecule has 2 rings (SSSR count). The highest BCUT2D eigenvalue weighted by molar-refractivity contribution is 6.30. The zero-order valence-electron chi connectivity index (χ0n) is 7.00. The lowest BCUT2D eigenvalue weighted by molar-refractivity contribution is -0.114. The van der Waals surface area contributed by atoms with Crippen molar-refractivity contribution in [1.29, 1.82) is 0 Å². The number of hydrogen-bond donors (Lipinski definition) is 0. The topological polar surface area (TPSA) is 26.3 Å². The van der Waals surface area contributed by atoms with Crippen LogP contribution in [-0.4, -0.2) is 12.4 Å². The minimum atomic E-state index is -0.284. The van der Waals surface area contributed by atoms with E-state index in [1.807, 2.05) is 12.1 Å². The number of ether oxygens (including phenoxy) is 1. The molecule has 1 atom stereocenters. The molecule has 0 unspecified atom stereocenters. The minimum Gasteiger partial charge on any atom is -0.483 e. The zero-order valence-corrected chi connectivity index (χ0v) is 7.75. The molecule has 0 bridgehead atoms. The van der Waals surface area contributed by atoms with Crippen LogP contribution < -0.4 is 4.74 Å². The fraction of sp³-hybridized carbons (Fsp3) is 0.300. The van der Waals surface area contributed by atoms with E-state index in [-0.39, 0.29) is 6.10 Å². The molecule has 68 valence electrons. The summed E-state index contributed by atoms with van der Waals surface area (Å²) >= 11 is 5.82. The molecule has 0 fully saturated rings. The van der Waals surface area contributed by atoms with E-state index in [0.29, 0.717) is 5.02 Å². The van der Waals surface area contributed by atoms with E-state index in [1.54, 1.807) is 6.07 Å². The van der Waals surface area contributed by atoms with E-state index in [1.165, 1.54) is 0 Å². The highest BCUT2D eigenvalue weighted by Gasteiger charge is 2.18. The lowest BCUT2D eigenvalue weighted by atomic mass is 10.0. The molecule has 0 amide bonds. The van der Waals surface area contributed by atoms with Crippen LogP contribution in [0.25, 0.3) is 0 Å². The van der Waals surface area contributed by atoms with Gasteiger partial charge >= 0.3 is 0 Å². The molecule has 0 aromatic heterocycles. The molecule has 0 N–H and O–H groups in total. The molecule has 1 aliphatic rings. The SMILES string of the molecule is O=C[C@H]1CCc2cc(Cl)ccc2O1. The number of benzene rings is 1. The van der Waals surface area contributed by atoms with Gasteiger partial charge in [-0.2, -0.15) is 0 Å². The number of fused-ring (bicyclic) bond motifs is 1. The molecular formula is C10H9ClO2. The fourth-order valence-corrected chi connectivity index (χ4v) is 1.67. The molecule has 1 aromatic carbocycles. The van der Waals surface area contributed by atoms with Crippen LogP contribution in [0.3, 0.4) is 0 Å². The third-order valence-corrected chi connectivity index (χ3v) is 2.39. The first-order valence-electron chi connectivity index (χ1n) is 4.20. The predicted octanol–water partition coefficient (Wildman–Crippen LogP) is 2.23. The van der Waals surface area contributed by atoms with Crippen molar-refractivity contribution in [2.75, 3.05) is 0 Å². The summed E-state index contributed by atoms with van der Waals surface area (Å²) < 4.78 is 5.41. The van der Waals surface area contributed by atoms with E-state index in [0.717, 1.165) is 30.4 Å². The van der Waals surface area contributed by atoms with Crippen LogP contribution in [0.15, 0.2) is 18.2 Å². The van der Waals surface area contributed by atoms with Gasteiger partial charge in [0, 0.05) is 5.02 Å². The lowest BCUT2D eigenvalue weighted by Gasteiger charge is -2.22. The van der Waals surface area contributed by atoms with E-state index in [2.05, 4.69) is 0 Å². The average Bonchev–Trinajstić information content (AvgIpc) is 2.17. The predicted molar refractivity (Wildman–Crippen MR) is 50.3 cm³/mol. The Bertz CT molecular complexity index is 336. The van der Waals surface area contributed by atoms with Gasteiger partial charge in [0.05, 0.1) is 0 Å². The number of aldehydes is 1. The molecule has 0 saturated heterocycles. The second-order valence-electron chi connectivity index (χ2n) is 3.08. The van der Waals surface area contributed by atoms with Crippen LogP contribution in [0.5, 0.6) is 5.75 Å². The van der Waals surface area contributed by atoms with Gasteiger partial charge in [-0.05, 0) is 36.6 Å². The molecule has 13 heavy (non-hydrogen) atoms. The Hall–Kier alpha value is -1.02. The number of hydrogen-bond acceptors (Lipinski definition) is 2. The molecule has 1 aliphatic heterocycles. The summed E-state index contributed by atoms with van der Waals surface area (Å²) in [5.74, 6) is 0.785. The van der Waals surface area contributed by atoms with Crippen molar-refractivity contribution in [1.82, 2.24) is 0 Å². The number of rotatable bonds is 1. The largest absolute Gasteiger partial charge is 0.483 e. The lowest BCUT2D eigenvalue weighted by Crippen LogP contribution is -2.23. The highest BCUT2D eigenvalue weighted by atomic mass is 35.5. The van der Waals surface area contributed by atoms with Crippen LogP contribution in [0.2, 0.25) is 5.02 Å². The van der Waals surface area contributed by atoms with Crippen LogP contribution in [-0.2, 0) is 11.2 Å². The number of carbonyl (C=O) groups is 1. The Morgan fingerprint density at radius 1 is 1.54 bits per heavy atom. The van der Waals surface area contributed by atoms with Crippen molar-refractivity contribution in [2.24, 2.45) is 0 Å². The number of aryl methyl sites for hydroxylation is 1. The monoisotopic (exact) mass is 196 g/mol. The van der Waals surface area contributed by atoms with Gasteiger partial charge in [0.15, 0.2) is 12.4 Å². The first-order chi connectivity index (χ1) is 6.29. The smallest absolute Gasteiger partial charge is 0.160 e. The second-order valence-corrected chi connectivity index (χ2v) is 3.52. The summed E-state index contributed by atoms with van der Waals surface area (Å²) in [7, 11) is 0. The molecule has 3 heteroatoms. The standard InChI is InChI=1S/C10H9ClO2/c11-8-2-4-10-7(5-8)1-3-9(6-12)13-10/h2,4-6,9H,1,3H2/t9-/m1/s1. The summed E-state index contributed by atoms with van der Waals surface area (Å²) in [6.45, 7) is 0. The van der Waals surface area contributed by atoms with E-state index < -0.39 is 0 Å². The van der Waals surface area contributed by atoms with Gasteiger partial charge in [0.25, 0.3) is 0 Å². The summed E-state index contributed by atoms with van der Waals surface area (Å²) in [4.78, 5) is 10.5. The Labute approximate surface area is 81.5 Å². The molecule has 0 saturated carbocycles. The summed E-state index contributed by atoms with van der Waals surface area (Å²) in [5, 5.41) is 0.715. The molecule has 0 aliphatic carbocycles. The Kier molecular flexibility index (Phi) is 2.23. The second kappa shape index (κ2) is 3.38. The van der Waals surface area contributed by atoms with Gasteiger partial charge in [-0.1, -0.05) is 11.6 Å². The molecule has 0 spiro atoms. The van der Waals surface area contributed by atoms with Gasteiger partial charge in [0.1, 0.15) is 5.75 Å². The maximum Gasteiger partial charge on any atom is 0.160 e. The van der Waals surface area contributed by atoms with Crippen LogP contribution in [0.4, 0.5) is 0 Å². The molecule has 2 nitrogen and oxygen atoms in total. The Balaban J connectivity index is 2.31. The average molecular weight is 197 g/mol. The van der Waals surface area contributed by atoms with E-state index in [9.17, 15) is 4.79 Å². The van der Waals surface area contributed by atoms with Gasteiger partial charge in [0.2, 0.25) is 0 Å². The third-order valence-electron chi connectivity index (χ3n) is 2.15. The first-order valence-corrected chi connectivity index (χ1v) is 4.58. The molecular weight excluding hydrogens is 188 g/mol. The van der Waals surface area contributed by atoms with Crippen molar-refractivity contribution in [3.8, 4) is 5.75 Å². The maximum absolute atomic E-state index is 10.5. The number of carbonyl (C=O) groups excluding carboxylic acids is 1. The van der Waals surface area contributed by atoms with Gasteiger partial charge in [-0.15, -0.1) is 0 Å². The third kappa shape index (κ3) is 1.68. The highest BCUT2D eigenvalue weighted by Crippen LogP contribution is 2.29. The first kappa shape index (κ1) is 8.57. The van der Waals surface area contributed by atoms with E-state index >= 15 is 0 Å². The fourth-order valence-electron chi connectivity index (χ4n) is 1.47. The van der Waals surface area contributed by atoms with Gasteiger partial charge in [-0.25, -0.2) is 0 Å². The minimum absolute atomic E-state index is 0.284. The van der Waals surface area contributed by atoms with Crippen molar-refractivity contribution in [3.63, 3.8) is 0 Å². The molecule has 0 radical (unpaired) electrons. The Morgan fingerprint density at radius 3 is 3.15 bits per heavy atom. The quantitative estimate of drug-likeness (QED) is 0.644. The van der Waals surface area contributed by atoms with Crippen LogP contribution in [0, 0.1) is 0 Å².